The summed E-state index contributed by atoms with van der Waals surface area (Å²) in [6.45, 7) is 11.0. The van der Waals surface area contributed by atoms with Crippen LogP contribution in [0.15, 0.2) is 40.6 Å². The third kappa shape index (κ3) is 4.57. The summed E-state index contributed by atoms with van der Waals surface area (Å²) in [4.78, 5) is 8.10. The van der Waals surface area contributed by atoms with Gasteiger partial charge < -0.3 is 15.8 Å². The maximum atomic E-state index is 13.8. The lowest BCUT2D eigenvalue weighted by Crippen LogP contribution is -2.28. The van der Waals surface area contributed by atoms with Crippen molar-refractivity contribution in [3.8, 4) is 5.75 Å². The van der Waals surface area contributed by atoms with Gasteiger partial charge in [0.1, 0.15) is 17.2 Å². The van der Waals surface area contributed by atoms with Gasteiger partial charge in [0.05, 0.1) is 18.4 Å². The Morgan fingerprint density at radius 1 is 1.42 bits per heavy atom. The zero-order valence-corrected chi connectivity index (χ0v) is 14.7. The molecule has 1 aromatic carbocycles. The molecule has 1 heterocycles. The van der Waals surface area contributed by atoms with Crippen LogP contribution >= 0.6 is 0 Å². The number of hydrogen-bond acceptors (Lipinski definition) is 3. The molecule has 0 saturated heterocycles. The maximum absolute atomic E-state index is 13.8. The predicted molar refractivity (Wildman–Crippen MR) is 96.2 cm³/mol. The number of rotatable bonds is 4. The molecule has 0 bridgehead atoms. The van der Waals surface area contributed by atoms with Crippen molar-refractivity contribution in [2.75, 3.05) is 6.61 Å². The summed E-state index contributed by atoms with van der Waals surface area (Å²) in [5.74, 6) is 1.23. The lowest BCUT2D eigenvalue weighted by molar-refractivity contribution is 0.258. The highest BCUT2D eigenvalue weighted by molar-refractivity contribution is 5.99. The Kier molecular flexibility index (Phi) is 5.26. The first-order valence-corrected chi connectivity index (χ1v) is 7.94. The molecule has 0 aromatic heterocycles. The van der Waals surface area contributed by atoms with Gasteiger partial charge in [-0.2, -0.15) is 4.99 Å². The van der Waals surface area contributed by atoms with E-state index in [2.05, 4.69) is 27.9 Å². The van der Waals surface area contributed by atoms with Gasteiger partial charge in [0, 0.05) is 12.0 Å². The first-order chi connectivity index (χ1) is 11.2. The Morgan fingerprint density at radius 2 is 2.12 bits per heavy atom. The summed E-state index contributed by atoms with van der Waals surface area (Å²) in [6.07, 6.45) is 0.796. The Morgan fingerprint density at radius 3 is 2.79 bits per heavy atom. The van der Waals surface area contributed by atoms with E-state index in [1.807, 2.05) is 19.1 Å². The largest absolute Gasteiger partial charge is 0.493 e. The third-order valence-electron chi connectivity index (χ3n) is 3.94. The van der Waals surface area contributed by atoms with E-state index < -0.39 is 5.67 Å². The number of nitrogens with one attached hydrogen (secondary N) is 1. The van der Waals surface area contributed by atoms with Gasteiger partial charge in [0.15, 0.2) is 0 Å². The molecule has 0 amide bonds. The van der Waals surface area contributed by atoms with Crippen molar-refractivity contribution in [3.63, 3.8) is 0 Å². The average molecular weight is 332 g/mol. The van der Waals surface area contributed by atoms with E-state index in [0.29, 0.717) is 12.4 Å². The van der Waals surface area contributed by atoms with E-state index in [1.165, 1.54) is 13.8 Å². The number of hydrogen-bond donors (Lipinski definition) is 2. The Bertz CT molecular complexity index is 689. The number of nitrogens with zero attached hydrogens (tertiary/aromatic N) is 2. The van der Waals surface area contributed by atoms with E-state index in [4.69, 9.17) is 10.5 Å². The molecule has 0 spiro atoms. The topological polar surface area (TPSA) is 72.0 Å². The summed E-state index contributed by atoms with van der Waals surface area (Å²) in [5.41, 5.74) is 6.73. The first kappa shape index (κ1) is 18.0. The fourth-order valence-corrected chi connectivity index (χ4v) is 2.37. The highest BCUT2D eigenvalue weighted by Crippen LogP contribution is 2.33. The number of ether oxygens (including phenoxy) is 1. The summed E-state index contributed by atoms with van der Waals surface area (Å²) in [6, 6.07) is 6.11. The summed E-state index contributed by atoms with van der Waals surface area (Å²) >= 11 is 0. The summed E-state index contributed by atoms with van der Waals surface area (Å²) in [7, 11) is 0. The Hall–Kier alpha value is -2.37. The van der Waals surface area contributed by atoms with Crippen molar-refractivity contribution in [2.45, 2.75) is 45.8 Å². The quantitative estimate of drug-likeness (QED) is 0.655. The zero-order valence-electron chi connectivity index (χ0n) is 14.7. The second-order valence-electron chi connectivity index (χ2n) is 6.46. The number of fused-ring (bicyclic) bond motifs is 1. The smallest absolute Gasteiger partial charge is 0.221 e. The summed E-state index contributed by atoms with van der Waals surface area (Å²) in [5, 5.41) is 3.24. The van der Waals surface area contributed by atoms with Gasteiger partial charge in [0.25, 0.3) is 0 Å². The molecule has 1 aromatic rings. The number of alkyl halides is 1. The van der Waals surface area contributed by atoms with E-state index in [-0.39, 0.29) is 17.7 Å². The molecule has 1 aliphatic heterocycles. The minimum atomic E-state index is -1.54. The normalized spacial score (nSPS) is 18.6. The molecule has 6 heteroatoms. The first-order valence-electron chi connectivity index (χ1n) is 7.94. The molecule has 0 aliphatic carbocycles. The summed E-state index contributed by atoms with van der Waals surface area (Å²) < 4.78 is 19.4. The van der Waals surface area contributed by atoms with Crippen LogP contribution in [0, 0.1) is 6.92 Å². The minimum absolute atomic E-state index is 0.0211. The monoisotopic (exact) mass is 332 g/mol. The van der Waals surface area contributed by atoms with Gasteiger partial charge in [-0.1, -0.05) is 24.3 Å². The van der Waals surface area contributed by atoms with Crippen molar-refractivity contribution in [1.29, 1.82) is 0 Å². The van der Waals surface area contributed by atoms with E-state index in [9.17, 15) is 4.39 Å². The molecule has 1 unspecified atom stereocenters. The molecule has 1 atom stereocenters. The lowest BCUT2D eigenvalue weighted by Gasteiger charge is -2.27. The second-order valence-corrected chi connectivity index (χ2v) is 6.46. The number of benzene rings is 1. The maximum Gasteiger partial charge on any atom is 0.221 e. The average Bonchev–Trinajstić information content (AvgIpc) is 2.46. The standard InChI is InChI=1S/C18H25FN4O/c1-11-6-7-16-14(10-11)15(8-9-24-16)22-13(3)23-17(20)21-12(2)18(4,5)19/h6-7,10,15,22H,3,8-9H2,1-2,4-5H3,(H2,20,23). The molecule has 130 valence electrons. The van der Waals surface area contributed by atoms with E-state index in [0.717, 1.165) is 23.3 Å². The van der Waals surface area contributed by atoms with Gasteiger partial charge in [-0.15, -0.1) is 0 Å². The van der Waals surface area contributed by atoms with Crippen LogP contribution in [-0.4, -0.2) is 23.9 Å². The molecule has 0 radical (unpaired) electrons. The molecule has 5 nitrogen and oxygen atoms in total. The van der Waals surface area contributed by atoms with Crippen LogP contribution < -0.4 is 15.8 Å². The SMILES string of the molecule is C=C(N=C(N)N=C(C)C(C)(C)F)NC1CCOc2ccc(C)cc21. The number of nitrogens with two attached hydrogens (primary N) is 1. The van der Waals surface area contributed by atoms with Crippen LogP contribution in [0.25, 0.3) is 0 Å². The number of aliphatic imine (C=N–C) groups is 2. The number of halogens is 1. The lowest BCUT2D eigenvalue weighted by atomic mass is 9.98. The number of aryl methyl sites for hydroxylation is 1. The molecule has 24 heavy (non-hydrogen) atoms. The highest BCUT2D eigenvalue weighted by Gasteiger charge is 2.22. The van der Waals surface area contributed by atoms with E-state index >= 15 is 0 Å². The van der Waals surface area contributed by atoms with E-state index in [1.54, 1.807) is 6.92 Å². The van der Waals surface area contributed by atoms with Crippen LogP contribution in [0.2, 0.25) is 0 Å². The van der Waals surface area contributed by atoms with Gasteiger partial charge in [-0.05, 0) is 33.8 Å². The van der Waals surface area contributed by atoms with Crippen LogP contribution in [0.4, 0.5) is 4.39 Å². The molecule has 0 fully saturated rings. The Balaban J connectivity index is 2.11. The van der Waals surface area contributed by atoms with Crippen LogP contribution in [0.1, 0.15) is 44.4 Å². The van der Waals surface area contributed by atoms with Crippen molar-refractivity contribution in [2.24, 2.45) is 15.7 Å². The predicted octanol–water partition coefficient (Wildman–Crippen LogP) is 3.40. The van der Waals surface area contributed by atoms with Gasteiger partial charge in [-0.3, -0.25) is 0 Å². The van der Waals surface area contributed by atoms with Gasteiger partial charge in [-0.25, -0.2) is 9.38 Å². The molecule has 1 aliphatic rings. The minimum Gasteiger partial charge on any atom is -0.493 e. The molecule has 3 N–H and O–H groups in total. The second kappa shape index (κ2) is 7.03. The van der Waals surface area contributed by atoms with Crippen molar-refractivity contribution >= 4 is 11.7 Å². The molecular weight excluding hydrogens is 307 g/mol. The molecule has 0 saturated carbocycles. The van der Waals surface area contributed by atoms with Crippen LogP contribution in [-0.2, 0) is 0 Å². The highest BCUT2D eigenvalue weighted by atomic mass is 19.1. The molecule has 2 rings (SSSR count). The molecular formula is C18H25FN4O. The van der Waals surface area contributed by atoms with Gasteiger partial charge in [0.2, 0.25) is 5.96 Å². The van der Waals surface area contributed by atoms with Crippen LogP contribution in [0.5, 0.6) is 5.75 Å². The Labute approximate surface area is 142 Å². The zero-order chi connectivity index (χ0) is 17.9. The van der Waals surface area contributed by atoms with Crippen molar-refractivity contribution in [3.05, 3.63) is 41.7 Å². The number of guanidine groups is 1. The van der Waals surface area contributed by atoms with Crippen LogP contribution in [0.3, 0.4) is 0 Å². The fourth-order valence-electron chi connectivity index (χ4n) is 2.37. The van der Waals surface area contributed by atoms with Crippen molar-refractivity contribution < 1.29 is 9.13 Å². The third-order valence-corrected chi connectivity index (χ3v) is 3.94. The van der Waals surface area contributed by atoms with Crippen molar-refractivity contribution in [1.82, 2.24) is 5.32 Å². The fraction of sp³-hybridized carbons (Fsp3) is 0.444. The van der Waals surface area contributed by atoms with Gasteiger partial charge >= 0.3 is 0 Å².